The van der Waals surface area contributed by atoms with E-state index in [0.717, 1.165) is 24.2 Å². The van der Waals surface area contributed by atoms with Gasteiger partial charge in [-0.1, -0.05) is 81.6 Å². The van der Waals surface area contributed by atoms with Crippen LogP contribution in [0.15, 0.2) is 71.6 Å². The van der Waals surface area contributed by atoms with Crippen LogP contribution in [-0.2, 0) is 5.41 Å². The summed E-state index contributed by atoms with van der Waals surface area (Å²) >= 11 is 1.38. The number of rotatable bonds is 7. The molecule has 1 fully saturated rings. The summed E-state index contributed by atoms with van der Waals surface area (Å²) in [6.07, 6.45) is 5.68. The number of hydrogen-bond acceptors (Lipinski definition) is 4. The summed E-state index contributed by atoms with van der Waals surface area (Å²) in [5.41, 5.74) is 5.45. The highest BCUT2D eigenvalue weighted by Crippen LogP contribution is 2.31. The number of allylic oxidation sites excluding steroid dienone is 1. The molecule has 5 nitrogen and oxygen atoms in total. The van der Waals surface area contributed by atoms with E-state index in [0.29, 0.717) is 22.2 Å². The zero-order chi connectivity index (χ0) is 25.7. The molecule has 0 aliphatic carbocycles. The molecule has 2 N–H and O–H groups in total. The van der Waals surface area contributed by atoms with Crippen LogP contribution in [0.1, 0.15) is 63.0 Å². The first-order chi connectivity index (χ1) is 17.3. The molecule has 0 spiro atoms. The van der Waals surface area contributed by atoms with E-state index in [9.17, 15) is 4.79 Å². The molecular weight excluding hydrogens is 464 g/mol. The van der Waals surface area contributed by atoms with Gasteiger partial charge in [0.15, 0.2) is 0 Å². The molecule has 0 radical (unpaired) electrons. The second-order valence-corrected chi connectivity index (χ2v) is 11.2. The van der Waals surface area contributed by atoms with Crippen molar-refractivity contribution in [2.45, 2.75) is 52.4 Å². The smallest absolute Gasteiger partial charge is 0.274 e. The lowest BCUT2D eigenvalue weighted by atomic mass is 9.87. The van der Waals surface area contributed by atoms with Crippen LogP contribution in [0.4, 0.5) is 5.69 Å². The molecule has 188 valence electrons. The van der Waals surface area contributed by atoms with Crippen molar-refractivity contribution in [2.24, 2.45) is 0 Å². The standard InChI is InChI=1S/C30H36N4OS/c1-6-20-36-21(2)31-29(35)27-26(22-12-16-25(17-13-22)34-18-8-7-9-19-34)32-28(33-27)23-10-14-24(15-11-23)30(3,4)5/h6,10-17,20H,2,7-9,18-19H2,1,3-5H3,(H,31,35)(H,32,33)/b20-6-. The fraction of sp³-hybridized carbons (Fsp3) is 0.333. The monoisotopic (exact) mass is 500 g/mol. The van der Waals surface area contributed by atoms with Crippen molar-refractivity contribution >= 4 is 23.4 Å². The lowest BCUT2D eigenvalue weighted by Gasteiger charge is -2.28. The molecule has 4 rings (SSSR count). The maximum atomic E-state index is 13.3. The topological polar surface area (TPSA) is 61.0 Å². The number of nitrogens with zero attached hydrogens (tertiary/aromatic N) is 2. The van der Waals surface area contributed by atoms with Gasteiger partial charge in [-0.05, 0) is 54.7 Å². The molecule has 1 aromatic heterocycles. The minimum atomic E-state index is -0.253. The summed E-state index contributed by atoms with van der Waals surface area (Å²) in [6.45, 7) is 14.7. The molecule has 0 unspecified atom stereocenters. The number of piperidine rings is 1. The number of carbonyl (C=O) groups is 1. The number of aromatic nitrogens is 2. The number of imidazole rings is 1. The summed E-state index contributed by atoms with van der Waals surface area (Å²) in [7, 11) is 0. The number of H-pyrrole nitrogens is 1. The highest BCUT2D eigenvalue weighted by molar-refractivity contribution is 8.05. The second-order valence-electron chi connectivity index (χ2n) is 10.2. The van der Waals surface area contributed by atoms with Gasteiger partial charge in [-0.3, -0.25) is 4.79 Å². The van der Waals surface area contributed by atoms with Gasteiger partial charge in [-0.2, -0.15) is 0 Å². The molecule has 0 bridgehead atoms. The molecule has 2 aromatic carbocycles. The van der Waals surface area contributed by atoms with Crippen LogP contribution >= 0.6 is 11.8 Å². The first kappa shape index (κ1) is 25.8. The maximum absolute atomic E-state index is 13.3. The number of amides is 1. The van der Waals surface area contributed by atoms with Gasteiger partial charge >= 0.3 is 0 Å². The molecule has 1 aliphatic rings. The first-order valence-corrected chi connectivity index (χ1v) is 13.5. The van der Waals surface area contributed by atoms with Gasteiger partial charge < -0.3 is 15.2 Å². The molecule has 1 saturated heterocycles. The number of benzene rings is 2. The van der Waals surface area contributed by atoms with Crippen LogP contribution in [0.3, 0.4) is 0 Å². The molecule has 0 saturated carbocycles. The van der Waals surface area contributed by atoms with Gasteiger partial charge in [0, 0.05) is 29.9 Å². The van der Waals surface area contributed by atoms with E-state index in [1.54, 1.807) is 0 Å². The van der Waals surface area contributed by atoms with E-state index in [-0.39, 0.29) is 11.3 Å². The van der Waals surface area contributed by atoms with E-state index >= 15 is 0 Å². The minimum Gasteiger partial charge on any atom is -0.372 e. The molecule has 2 heterocycles. The molecule has 1 amide bonds. The minimum absolute atomic E-state index is 0.0684. The Morgan fingerprint density at radius 3 is 2.28 bits per heavy atom. The van der Waals surface area contributed by atoms with Crippen LogP contribution in [0.2, 0.25) is 0 Å². The third-order valence-corrected chi connectivity index (χ3v) is 7.21. The number of aromatic amines is 1. The van der Waals surface area contributed by atoms with Gasteiger partial charge in [0.2, 0.25) is 0 Å². The average molecular weight is 501 g/mol. The van der Waals surface area contributed by atoms with Gasteiger partial charge in [-0.25, -0.2) is 4.98 Å². The van der Waals surface area contributed by atoms with Gasteiger partial charge in [-0.15, -0.1) is 0 Å². The summed E-state index contributed by atoms with van der Waals surface area (Å²) in [5.74, 6) is 0.416. The zero-order valence-corrected chi connectivity index (χ0v) is 22.5. The van der Waals surface area contributed by atoms with Gasteiger partial charge in [0.1, 0.15) is 17.2 Å². The molecule has 6 heteroatoms. The van der Waals surface area contributed by atoms with Crippen molar-refractivity contribution in [2.75, 3.05) is 18.0 Å². The predicted octanol–water partition coefficient (Wildman–Crippen LogP) is 7.50. The Labute approximate surface area is 219 Å². The number of hydrogen-bond donors (Lipinski definition) is 2. The van der Waals surface area contributed by atoms with Crippen LogP contribution in [0.5, 0.6) is 0 Å². The fourth-order valence-electron chi connectivity index (χ4n) is 4.36. The van der Waals surface area contributed by atoms with Crippen LogP contribution in [-0.4, -0.2) is 29.0 Å². The van der Waals surface area contributed by atoms with E-state index in [1.807, 2.05) is 18.4 Å². The molecular formula is C30H36N4OS. The SMILES string of the molecule is C=C(NC(=O)c1[nH]c(-c2ccc(C(C)(C)C)cc2)nc1-c1ccc(N2CCCCC2)cc1)S/C=C\C. The average Bonchev–Trinajstić information content (AvgIpc) is 3.33. The van der Waals surface area contributed by atoms with E-state index in [1.165, 1.54) is 42.3 Å². The molecule has 0 atom stereocenters. The summed E-state index contributed by atoms with van der Waals surface area (Å²) in [4.78, 5) is 23.9. The van der Waals surface area contributed by atoms with Crippen molar-refractivity contribution in [1.29, 1.82) is 0 Å². The number of thioether (sulfide) groups is 1. The van der Waals surface area contributed by atoms with Crippen molar-refractivity contribution < 1.29 is 4.79 Å². The Balaban J connectivity index is 1.67. The Kier molecular flexibility index (Phi) is 8.04. The van der Waals surface area contributed by atoms with E-state index < -0.39 is 0 Å². The Bertz CT molecular complexity index is 1230. The highest BCUT2D eigenvalue weighted by atomic mass is 32.2. The maximum Gasteiger partial charge on any atom is 0.274 e. The second kappa shape index (κ2) is 11.2. The summed E-state index contributed by atoms with van der Waals surface area (Å²) in [5, 5.41) is 5.35. The number of nitrogens with one attached hydrogen (secondary N) is 2. The first-order valence-electron chi connectivity index (χ1n) is 12.6. The van der Waals surface area contributed by atoms with Crippen LogP contribution < -0.4 is 10.2 Å². The molecule has 1 aliphatic heterocycles. The Hall–Kier alpha value is -3.25. The van der Waals surface area contributed by atoms with E-state index in [4.69, 9.17) is 4.98 Å². The quantitative estimate of drug-likeness (QED) is 0.353. The summed E-state index contributed by atoms with van der Waals surface area (Å²) < 4.78 is 0. The summed E-state index contributed by atoms with van der Waals surface area (Å²) in [6, 6.07) is 16.8. The lowest BCUT2D eigenvalue weighted by Crippen LogP contribution is -2.29. The van der Waals surface area contributed by atoms with Gasteiger partial charge in [0.05, 0.1) is 5.03 Å². The van der Waals surface area contributed by atoms with Crippen molar-refractivity contribution in [3.05, 3.63) is 82.9 Å². The molecule has 3 aromatic rings. The zero-order valence-electron chi connectivity index (χ0n) is 21.7. The van der Waals surface area contributed by atoms with Crippen molar-refractivity contribution in [3.8, 4) is 22.6 Å². The van der Waals surface area contributed by atoms with Crippen molar-refractivity contribution in [1.82, 2.24) is 15.3 Å². The normalized spacial score (nSPS) is 14.3. The third kappa shape index (κ3) is 6.11. The van der Waals surface area contributed by atoms with Crippen LogP contribution in [0, 0.1) is 0 Å². The largest absolute Gasteiger partial charge is 0.372 e. The molecule has 36 heavy (non-hydrogen) atoms. The number of anilines is 1. The van der Waals surface area contributed by atoms with Crippen LogP contribution in [0.25, 0.3) is 22.6 Å². The highest BCUT2D eigenvalue weighted by Gasteiger charge is 2.21. The fourth-order valence-corrected chi connectivity index (χ4v) is 4.81. The third-order valence-electron chi connectivity index (χ3n) is 6.42. The number of carbonyl (C=O) groups excluding carboxylic acids is 1. The van der Waals surface area contributed by atoms with Crippen molar-refractivity contribution in [3.63, 3.8) is 0 Å². The Morgan fingerprint density at radius 2 is 1.67 bits per heavy atom. The van der Waals surface area contributed by atoms with Gasteiger partial charge in [0.25, 0.3) is 5.91 Å². The van der Waals surface area contributed by atoms with E-state index in [2.05, 4.69) is 91.1 Å². The lowest BCUT2D eigenvalue weighted by molar-refractivity contribution is 0.0965. The Morgan fingerprint density at radius 1 is 1.03 bits per heavy atom. The predicted molar refractivity (Wildman–Crippen MR) is 153 cm³/mol.